The van der Waals surface area contributed by atoms with Crippen molar-refractivity contribution < 1.29 is 4.92 Å². The highest BCUT2D eigenvalue weighted by Crippen LogP contribution is 2.12. The lowest BCUT2D eigenvalue weighted by Gasteiger charge is -1.93. The smallest absolute Gasteiger partial charge is 0.363 e. The highest BCUT2D eigenvalue weighted by Gasteiger charge is 2.08. The van der Waals surface area contributed by atoms with Crippen LogP contribution >= 0.6 is 0 Å². The van der Waals surface area contributed by atoms with Gasteiger partial charge in [0.15, 0.2) is 0 Å². The van der Waals surface area contributed by atoms with Crippen molar-refractivity contribution in [3.8, 4) is 0 Å². The second-order valence-electron chi connectivity index (χ2n) is 2.13. The zero-order valence-corrected chi connectivity index (χ0v) is 5.94. The number of nitrogens with two attached hydrogens (primary N) is 1. The van der Waals surface area contributed by atoms with Crippen molar-refractivity contribution in [1.82, 2.24) is 4.98 Å². The van der Waals surface area contributed by atoms with E-state index in [-0.39, 0.29) is 11.6 Å². The summed E-state index contributed by atoms with van der Waals surface area (Å²) < 4.78 is 0. The van der Waals surface area contributed by atoms with Gasteiger partial charge in [-0.2, -0.15) is 0 Å². The Labute approximate surface area is 63.0 Å². The van der Waals surface area contributed by atoms with Crippen LogP contribution in [0.3, 0.4) is 0 Å². The standard InChI is InChI=1S/C6H7N3O2/c1-4-2-3-5(9(10)11)8-6(4)7/h2-3H,1H3,(H2,7,8). The van der Waals surface area contributed by atoms with Gasteiger partial charge in [-0.1, -0.05) is 0 Å². The SMILES string of the molecule is Cc1ccc([N+](=O)[O-])nc1N. The molecule has 0 spiro atoms. The molecular formula is C6H7N3O2. The van der Waals surface area contributed by atoms with E-state index in [1.807, 2.05) is 0 Å². The lowest BCUT2D eigenvalue weighted by atomic mass is 10.3. The summed E-state index contributed by atoms with van der Waals surface area (Å²) in [4.78, 5) is 13.1. The van der Waals surface area contributed by atoms with E-state index in [0.717, 1.165) is 5.56 Å². The molecule has 5 heteroatoms. The van der Waals surface area contributed by atoms with Crippen molar-refractivity contribution in [3.05, 3.63) is 27.8 Å². The van der Waals surface area contributed by atoms with Gasteiger partial charge in [-0.15, -0.1) is 0 Å². The van der Waals surface area contributed by atoms with E-state index in [2.05, 4.69) is 4.98 Å². The number of pyridine rings is 1. The molecule has 0 aliphatic heterocycles. The maximum atomic E-state index is 10.2. The fraction of sp³-hybridized carbons (Fsp3) is 0.167. The van der Waals surface area contributed by atoms with Crippen LogP contribution < -0.4 is 5.73 Å². The summed E-state index contributed by atoms with van der Waals surface area (Å²) in [6, 6.07) is 2.90. The third-order valence-corrected chi connectivity index (χ3v) is 1.31. The number of anilines is 1. The van der Waals surface area contributed by atoms with Crippen LogP contribution in [0.25, 0.3) is 0 Å². The van der Waals surface area contributed by atoms with Gasteiger partial charge < -0.3 is 15.8 Å². The maximum Gasteiger partial charge on any atom is 0.365 e. The van der Waals surface area contributed by atoms with Gasteiger partial charge in [-0.05, 0) is 22.9 Å². The summed E-state index contributed by atoms with van der Waals surface area (Å²) in [6.45, 7) is 1.74. The molecule has 11 heavy (non-hydrogen) atoms. The zero-order chi connectivity index (χ0) is 8.43. The predicted octanol–water partition coefficient (Wildman–Crippen LogP) is 0.880. The normalized spacial score (nSPS) is 9.55. The highest BCUT2D eigenvalue weighted by molar-refractivity contribution is 5.42. The van der Waals surface area contributed by atoms with Crippen molar-refractivity contribution in [2.45, 2.75) is 6.92 Å². The number of aryl methyl sites for hydroxylation is 1. The lowest BCUT2D eigenvalue weighted by Crippen LogP contribution is -1.98. The largest absolute Gasteiger partial charge is 0.365 e. The molecule has 0 saturated carbocycles. The van der Waals surface area contributed by atoms with Gasteiger partial charge in [-0.3, -0.25) is 0 Å². The van der Waals surface area contributed by atoms with Crippen LogP contribution in [0.5, 0.6) is 0 Å². The van der Waals surface area contributed by atoms with Crippen molar-refractivity contribution in [3.63, 3.8) is 0 Å². The molecule has 0 aromatic carbocycles. The zero-order valence-electron chi connectivity index (χ0n) is 5.94. The third-order valence-electron chi connectivity index (χ3n) is 1.31. The number of rotatable bonds is 1. The first kappa shape index (κ1) is 7.46. The van der Waals surface area contributed by atoms with Gasteiger partial charge in [0.1, 0.15) is 0 Å². The van der Waals surface area contributed by atoms with E-state index in [9.17, 15) is 10.1 Å². The molecule has 58 valence electrons. The quantitative estimate of drug-likeness (QED) is 0.479. The Hall–Kier alpha value is -1.65. The molecule has 0 unspecified atom stereocenters. The van der Waals surface area contributed by atoms with E-state index >= 15 is 0 Å². The lowest BCUT2D eigenvalue weighted by molar-refractivity contribution is -0.389. The number of nitrogens with zero attached hydrogens (tertiary/aromatic N) is 2. The van der Waals surface area contributed by atoms with Crippen molar-refractivity contribution in [1.29, 1.82) is 0 Å². The number of hydrogen-bond donors (Lipinski definition) is 1. The molecule has 1 rings (SSSR count). The van der Waals surface area contributed by atoms with Crippen LogP contribution in [0.2, 0.25) is 0 Å². The van der Waals surface area contributed by atoms with Crippen LogP contribution in [-0.2, 0) is 0 Å². The molecule has 0 saturated heterocycles. The molecule has 0 amide bonds. The Morgan fingerprint density at radius 3 is 2.73 bits per heavy atom. The number of hydrogen-bond acceptors (Lipinski definition) is 4. The van der Waals surface area contributed by atoms with Gasteiger partial charge in [0.2, 0.25) is 5.82 Å². The van der Waals surface area contributed by atoms with E-state index in [1.165, 1.54) is 6.07 Å². The van der Waals surface area contributed by atoms with E-state index in [4.69, 9.17) is 5.73 Å². The van der Waals surface area contributed by atoms with Crippen molar-refractivity contribution >= 4 is 11.6 Å². The molecule has 1 aromatic heterocycles. The van der Waals surface area contributed by atoms with E-state index in [0.29, 0.717) is 0 Å². The monoisotopic (exact) mass is 153 g/mol. The fourth-order valence-electron chi connectivity index (χ4n) is 0.635. The highest BCUT2D eigenvalue weighted by atomic mass is 16.6. The molecule has 1 heterocycles. The van der Waals surface area contributed by atoms with Gasteiger partial charge in [0, 0.05) is 11.6 Å². The molecular weight excluding hydrogens is 146 g/mol. The Kier molecular flexibility index (Phi) is 1.72. The Balaban J connectivity index is 3.15. The van der Waals surface area contributed by atoms with Crippen molar-refractivity contribution in [2.24, 2.45) is 0 Å². The molecule has 1 aromatic rings. The summed E-state index contributed by atoms with van der Waals surface area (Å²) in [5.74, 6) is -0.00713. The predicted molar refractivity (Wildman–Crippen MR) is 40.0 cm³/mol. The minimum Gasteiger partial charge on any atom is -0.363 e. The first-order chi connectivity index (χ1) is 5.11. The molecule has 5 nitrogen and oxygen atoms in total. The van der Waals surface area contributed by atoms with E-state index in [1.54, 1.807) is 13.0 Å². The summed E-state index contributed by atoms with van der Waals surface area (Å²) >= 11 is 0. The molecule has 2 N–H and O–H groups in total. The Bertz CT molecular complexity index is 298. The summed E-state index contributed by atoms with van der Waals surface area (Å²) in [7, 11) is 0. The van der Waals surface area contributed by atoms with Gasteiger partial charge in [0.05, 0.1) is 0 Å². The second-order valence-corrected chi connectivity index (χ2v) is 2.13. The van der Waals surface area contributed by atoms with E-state index < -0.39 is 4.92 Å². The Morgan fingerprint density at radius 1 is 1.64 bits per heavy atom. The first-order valence-corrected chi connectivity index (χ1v) is 2.99. The van der Waals surface area contributed by atoms with Gasteiger partial charge in [-0.25, -0.2) is 0 Å². The molecule has 0 aliphatic rings. The average Bonchev–Trinajstić information content (AvgIpc) is 1.94. The van der Waals surface area contributed by atoms with Crippen LogP contribution in [0.4, 0.5) is 11.6 Å². The molecule has 0 fully saturated rings. The molecule has 0 bridgehead atoms. The summed E-state index contributed by atoms with van der Waals surface area (Å²) in [6.07, 6.45) is 0. The topological polar surface area (TPSA) is 82.0 Å². The van der Waals surface area contributed by atoms with Gasteiger partial charge in [0.25, 0.3) is 0 Å². The average molecular weight is 153 g/mol. The minimum absolute atomic E-state index is 0.208. The molecule has 0 atom stereocenters. The number of nitro groups is 1. The van der Waals surface area contributed by atoms with Crippen LogP contribution in [0, 0.1) is 17.0 Å². The molecule has 0 radical (unpaired) electrons. The van der Waals surface area contributed by atoms with Crippen LogP contribution in [0.15, 0.2) is 12.1 Å². The maximum absolute atomic E-state index is 10.2. The number of nitrogen functional groups attached to an aromatic ring is 1. The Morgan fingerprint density at radius 2 is 2.27 bits per heavy atom. The third kappa shape index (κ3) is 1.43. The minimum atomic E-state index is -0.574. The first-order valence-electron chi connectivity index (χ1n) is 2.99. The van der Waals surface area contributed by atoms with Crippen molar-refractivity contribution in [2.75, 3.05) is 5.73 Å². The molecule has 0 aliphatic carbocycles. The summed E-state index contributed by atoms with van der Waals surface area (Å²) in [5, 5.41) is 10.2. The summed E-state index contributed by atoms with van der Waals surface area (Å²) in [5.41, 5.74) is 6.09. The number of aromatic nitrogens is 1. The fourth-order valence-corrected chi connectivity index (χ4v) is 0.635. The van der Waals surface area contributed by atoms with Crippen LogP contribution in [0.1, 0.15) is 5.56 Å². The van der Waals surface area contributed by atoms with Crippen LogP contribution in [-0.4, -0.2) is 9.91 Å². The van der Waals surface area contributed by atoms with Gasteiger partial charge >= 0.3 is 5.82 Å². The second kappa shape index (κ2) is 2.53.